The van der Waals surface area contributed by atoms with Gasteiger partial charge in [-0.2, -0.15) is 0 Å². The molecule has 0 radical (unpaired) electrons. The van der Waals surface area contributed by atoms with Crippen LogP contribution in [0.15, 0.2) is 24.3 Å². The second kappa shape index (κ2) is 7.16. The fraction of sp³-hybridized carbons (Fsp3) is 0.625. The van der Waals surface area contributed by atoms with Crippen LogP contribution in [0.4, 0.5) is 0 Å². The van der Waals surface area contributed by atoms with Crippen LogP contribution in [-0.4, -0.2) is 6.54 Å². The summed E-state index contributed by atoms with van der Waals surface area (Å²) in [5.41, 5.74) is 1.36. The van der Waals surface area contributed by atoms with E-state index in [1.54, 1.807) is 0 Å². The van der Waals surface area contributed by atoms with Gasteiger partial charge in [-0.15, -0.1) is 0 Å². The van der Waals surface area contributed by atoms with Crippen LogP contribution in [-0.2, 0) is 0 Å². The Kier molecular flexibility index (Phi) is 5.52. The molecule has 1 aromatic carbocycles. The van der Waals surface area contributed by atoms with E-state index in [1.807, 2.05) is 12.1 Å². The van der Waals surface area contributed by atoms with Crippen molar-refractivity contribution in [3.05, 3.63) is 34.9 Å². The van der Waals surface area contributed by atoms with Crippen molar-refractivity contribution in [1.82, 2.24) is 5.32 Å². The summed E-state index contributed by atoms with van der Waals surface area (Å²) in [6.07, 6.45) is 8.22. The van der Waals surface area contributed by atoms with Crippen molar-refractivity contribution in [2.75, 3.05) is 6.54 Å². The molecular weight excluding hydrogens is 242 g/mol. The molecule has 1 saturated carbocycles. The highest BCUT2D eigenvalue weighted by Crippen LogP contribution is 2.25. The number of hydrogen-bond donors (Lipinski definition) is 1. The van der Waals surface area contributed by atoms with E-state index < -0.39 is 0 Å². The molecule has 0 heterocycles. The molecule has 1 aliphatic rings. The lowest BCUT2D eigenvalue weighted by Crippen LogP contribution is -2.28. The molecule has 1 fully saturated rings. The molecule has 2 rings (SSSR count). The normalized spacial score (nSPS) is 18.8. The van der Waals surface area contributed by atoms with Crippen molar-refractivity contribution >= 4 is 11.6 Å². The van der Waals surface area contributed by atoms with Gasteiger partial charge in [-0.3, -0.25) is 0 Å². The first-order chi connectivity index (χ1) is 8.79. The Hall–Kier alpha value is -0.530. The van der Waals surface area contributed by atoms with Crippen LogP contribution in [0.2, 0.25) is 5.02 Å². The smallest absolute Gasteiger partial charge is 0.0406 e. The molecular formula is C16H24ClN. The third kappa shape index (κ3) is 4.00. The van der Waals surface area contributed by atoms with E-state index in [2.05, 4.69) is 24.4 Å². The summed E-state index contributed by atoms with van der Waals surface area (Å²) in [7, 11) is 0. The van der Waals surface area contributed by atoms with E-state index in [1.165, 1.54) is 44.2 Å². The van der Waals surface area contributed by atoms with Gasteiger partial charge in [0.1, 0.15) is 0 Å². The van der Waals surface area contributed by atoms with Gasteiger partial charge in [-0.25, -0.2) is 0 Å². The molecule has 2 heteroatoms. The largest absolute Gasteiger partial charge is 0.310 e. The van der Waals surface area contributed by atoms with Crippen LogP contribution in [0.25, 0.3) is 0 Å². The molecule has 100 valence electrons. The molecule has 1 aliphatic carbocycles. The third-order valence-electron chi connectivity index (χ3n) is 4.06. The number of halogens is 1. The van der Waals surface area contributed by atoms with Crippen LogP contribution in [0.1, 0.15) is 57.1 Å². The Morgan fingerprint density at radius 1 is 1.17 bits per heavy atom. The molecule has 0 spiro atoms. The lowest BCUT2D eigenvalue weighted by molar-refractivity contribution is 0.326. The predicted molar refractivity (Wildman–Crippen MR) is 79.1 cm³/mol. The molecule has 1 unspecified atom stereocenters. The minimum atomic E-state index is 0.476. The first kappa shape index (κ1) is 13.9. The first-order valence-electron chi connectivity index (χ1n) is 7.28. The molecule has 0 saturated heterocycles. The number of nitrogens with one attached hydrogen (secondary N) is 1. The number of rotatable bonds is 5. The summed E-state index contributed by atoms with van der Waals surface area (Å²) in [5.74, 6) is 0.889. The van der Waals surface area contributed by atoms with Crippen LogP contribution >= 0.6 is 11.6 Å². The van der Waals surface area contributed by atoms with Gasteiger partial charge in [-0.05, 0) is 49.4 Å². The maximum absolute atomic E-state index is 5.94. The first-order valence-corrected chi connectivity index (χ1v) is 7.66. The molecule has 0 aromatic heterocycles. The van der Waals surface area contributed by atoms with Gasteiger partial charge in [-0.1, -0.05) is 49.9 Å². The average Bonchev–Trinajstić information content (AvgIpc) is 2.42. The molecule has 0 amide bonds. The summed E-state index contributed by atoms with van der Waals surface area (Å²) in [6, 6.07) is 8.74. The van der Waals surface area contributed by atoms with Gasteiger partial charge < -0.3 is 5.32 Å². The van der Waals surface area contributed by atoms with E-state index in [0.717, 1.165) is 17.4 Å². The molecule has 0 aliphatic heterocycles. The van der Waals surface area contributed by atoms with E-state index in [-0.39, 0.29) is 0 Å². The zero-order valence-corrected chi connectivity index (χ0v) is 12.0. The lowest BCUT2D eigenvalue weighted by Gasteiger charge is -2.25. The Bertz CT molecular complexity index is 341. The second-order valence-electron chi connectivity index (χ2n) is 5.42. The minimum Gasteiger partial charge on any atom is -0.310 e. The summed E-state index contributed by atoms with van der Waals surface area (Å²) in [5, 5.41) is 4.55. The highest BCUT2D eigenvalue weighted by molar-refractivity contribution is 6.30. The second-order valence-corrected chi connectivity index (χ2v) is 5.86. The van der Waals surface area contributed by atoms with Crippen molar-refractivity contribution in [3.63, 3.8) is 0 Å². The third-order valence-corrected chi connectivity index (χ3v) is 4.31. The highest BCUT2D eigenvalue weighted by atomic mass is 35.5. The average molecular weight is 266 g/mol. The lowest BCUT2D eigenvalue weighted by atomic mass is 9.89. The van der Waals surface area contributed by atoms with Gasteiger partial charge in [0.25, 0.3) is 0 Å². The standard InChI is InChI=1S/C16H24ClN/c1-2-16(14-8-10-15(17)11-9-14)18-12-13-6-4-3-5-7-13/h8-11,13,16,18H,2-7,12H2,1H3. The predicted octanol–water partition coefficient (Wildman–Crippen LogP) is 4.96. The fourth-order valence-corrected chi connectivity index (χ4v) is 3.02. The zero-order chi connectivity index (χ0) is 12.8. The van der Waals surface area contributed by atoms with E-state index in [0.29, 0.717) is 6.04 Å². The van der Waals surface area contributed by atoms with Crippen molar-refractivity contribution in [3.8, 4) is 0 Å². The monoisotopic (exact) mass is 265 g/mol. The summed E-state index contributed by atoms with van der Waals surface area (Å²) in [6.45, 7) is 3.41. The Balaban J connectivity index is 1.86. The number of benzene rings is 1. The number of hydrogen-bond acceptors (Lipinski definition) is 1. The molecule has 1 aromatic rings. The highest BCUT2D eigenvalue weighted by Gasteiger charge is 2.15. The molecule has 1 nitrogen and oxygen atoms in total. The van der Waals surface area contributed by atoms with Gasteiger partial charge in [0.15, 0.2) is 0 Å². The Labute approximate surface area is 116 Å². The minimum absolute atomic E-state index is 0.476. The van der Waals surface area contributed by atoms with Gasteiger partial charge in [0.05, 0.1) is 0 Å². The van der Waals surface area contributed by atoms with E-state index >= 15 is 0 Å². The SMILES string of the molecule is CCC(NCC1CCCCC1)c1ccc(Cl)cc1. The quantitative estimate of drug-likeness (QED) is 0.793. The molecule has 1 N–H and O–H groups in total. The van der Waals surface area contributed by atoms with Crippen LogP contribution in [0.3, 0.4) is 0 Å². The Morgan fingerprint density at radius 2 is 1.83 bits per heavy atom. The summed E-state index contributed by atoms with van der Waals surface area (Å²) in [4.78, 5) is 0. The maximum Gasteiger partial charge on any atom is 0.0406 e. The molecule has 0 bridgehead atoms. The summed E-state index contributed by atoms with van der Waals surface area (Å²) < 4.78 is 0. The van der Waals surface area contributed by atoms with Gasteiger partial charge in [0.2, 0.25) is 0 Å². The van der Waals surface area contributed by atoms with Crippen LogP contribution in [0.5, 0.6) is 0 Å². The van der Waals surface area contributed by atoms with E-state index in [9.17, 15) is 0 Å². The molecule has 18 heavy (non-hydrogen) atoms. The Morgan fingerprint density at radius 3 is 2.44 bits per heavy atom. The van der Waals surface area contributed by atoms with Crippen molar-refractivity contribution in [2.24, 2.45) is 5.92 Å². The van der Waals surface area contributed by atoms with Crippen molar-refractivity contribution in [1.29, 1.82) is 0 Å². The van der Waals surface area contributed by atoms with Gasteiger partial charge >= 0.3 is 0 Å². The van der Waals surface area contributed by atoms with Crippen molar-refractivity contribution in [2.45, 2.75) is 51.5 Å². The zero-order valence-electron chi connectivity index (χ0n) is 11.3. The maximum atomic E-state index is 5.94. The summed E-state index contributed by atoms with van der Waals surface area (Å²) >= 11 is 5.94. The van der Waals surface area contributed by atoms with Crippen molar-refractivity contribution < 1.29 is 0 Å². The van der Waals surface area contributed by atoms with Crippen LogP contribution in [0, 0.1) is 5.92 Å². The van der Waals surface area contributed by atoms with E-state index in [4.69, 9.17) is 11.6 Å². The fourth-order valence-electron chi connectivity index (χ4n) is 2.89. The van der Waals surface area contributed by atoms with Gasteiger partial charge in [0, 0.05) is 11.1 Å². The topological polar surface area (TPSA) is 12.0 Å². The van der Waals surface area contributed by atoms with Crippen LogP contribution < -0.4 is 5.32 Å². The molecule has 1 atom stereocenters.